The summed E-state index contributed by atoms with van der Waals surface area (Å²) in [6, 6.07) is 8.21. The summed E-state index contributed by atoms with van der Waals surface area (Å²) in [5.74, 6) is 1.77. The Hall–Kier alpha value is -2.67. The van der Waals surface area contributed by atoms with Gasteiger partial charge in [-0.1, -0.05) is 0 Å². The molecule has 7 heteroatoms. The summed E-state index contributed by atoms with van der Waals surface area (Å²) < 4.78 is 15.5. The van der Waals surface area contributed by atoms with E-state index in [4.69, 9.17) is 13.9 Å². The van der Waals surface area contributed by atoms with Crippen LogP contribution in [0.2, 0.25) is 0 Å². The van der Waals surface area contributed by atoms with E-state index in [-0.39, 0.29) is 13.1 Å². The number of ether oxygens (including phenoxy) is 2. The zero-order chi connectivity index (χ0) is 16.7. The Labute approximate surface area is 134 Å². The smallest absolute Gasteiger partial charge is 0.315 e. The number of methoxy groups -OCH3 is 2. The summed E-state index contributed by atoms with van der Waals surface area (Å²) in [6.45, 7) is 0.310. The summed E-state index contributed by atoms with van der Waals surface area (Å²) in [6.07, 6.45) is 0.614. The molecule has 3 N–H and O–H groups in total. The van der Waals surface area contributed by atoms with Gasteiger partial charge in [-0.2, -0.15) is 0 Å². The quantitative estimate of drug-likeness (QED) is 0.724. The highest BCUT2D eigenvalue weighted by atomic mass is 16.5. The third-order valence-corrected chi connectivity index (χ3v) is 3.26. The lowest BCUT2D eigenvalue weighted by Gasteiger charge is -2.16. The number of furan rings is 1. The highest BCUT2D eigenvalue weighted by Gasteiger charge is 2.15. The molecule has 0 bridgehead atoms. The SMILES string of the molecule is COc1ccc(OC)c([C@@H](O)CNC(=O)NCc2ccco2)c1. The highest BCUT2D eigenvalue weighted by molar-refractivity contribution is 5.73. The molecular formula is C16H20N2O5. The van der Waals surface area contributed by atoms with E-state index in [0.717, 1.165) is 0 Å². The number of rotatable bonds is 7. The molecule has 1 heterocycles. The fourth-order valence-corrected chi connectivity index (χ4v) is 2.04. The van der Waals surface area contributed by atoms with Crippen molar-refractivity contribution in [1.29, 1.82) is 0 Å². The summed E-state index contributed by atoms with van der Waals surface area (Å²) in [4.78, 5) is 11.7. The number of aliphatic hydroxyl groups excluding tert-OH is 1. The number of hydrogen-bond donors (Lipinski definition) is 3. The summed E-state index contributed by atoms with van der Waals surface area (Å²) in [5.41, 5.74) is 0.540. The van der Waals surface area contributed by atoms with E-state index >= 15 is 0 Å². The lowest BCUT2D eigenvalue weighted by atomic mass is 10.1. The van der Waals surface area contributed by atoms with Gasteiger partial charge in [0.25, 0.3) is 0 Å². The third kappa shape index (κ3) is 4.65. The largest absolute Gasteiger partial charge is 0.497 e. The molecule has 124 valence electrons. The van der Waals surface area contributed by atoms with Crippen LogP contribution < -0.4 is 20.1 Å². The van der Waals surface area contributed by atoms with Gasteiger partial charge in [-0.3, -0.25) is 0 Å². The summed E-state index contributed by atoms with van der Waals surface area (Å²) in [7, 11) is 3.06. The minimum Gasteiger partial charge on any atom is -0.497 e. The van der Waals surface area contributed by atoms with Crippen molar-refractivity contribution in [2.75, 3.05) is 20.8 Å². The fourth-order valence-electron chi connectivity index (χ4n) is 2.04. The molecule has 0 fully saturated rings. The molecule has 2 amide bonds. The van der Waals surface area contributed by atoms with E-state index in [0.29, 0.717) is 22.8 Å². The van der Waals surface area contributed by atoms with Gasteiger partial charge in [-0.05, 0) is 30.3 Å². The van der Waals surface area contributed by atoms with Crippen LogP contribution in [0.5, 0.6) is 11.5 Å². The van der Waals surface area contributed by atoms with E-state index in [1.54, 1.807) is 30.3 Å². The van der Waals surface area contributed by atoms with E-state index in [1.807, 2.05) is 0 Å². The van der Waals surface area contributed by atoms with Crippen molar-refractivity contribution in [2.45, 2.75) is 12.6 Å². The maximum absolute atomic E-state index is 11.7. The molecule has 0 aliphatic heterocycles. The van der Waals surface area contributed by atoms with Crippen molar-refractivity contribution >= 4 is 6.03 Å². The molecule has 23 heavy (non-hydrogen) atoms. The molecule has 0 aliphatic carbocycles. The number of carbonyl (C=O) groups excluding carboxylic acids is 1. The number of nitrogens with one attached hydrogen (secondary N) is 2. The van der Waals surface area contributed by atoms with Gasteiger partial charge in [-0.25, -0.2) is 4.79 Å². The standard InChI is InChI=1S/C16H20N2O5/c1-21-11-5-6-15(22-2)13(8-11)14(19)10-18-16(20)17-9-12-4-3-7-23-12/h3-8,14,19H,9-10H2,1-2H3,(H2,17,18,20)/t14-/m0/s1. The Kier molecular flexibility index (Phi) is 5.87. The molecule has 0 saturated carbocycles. The molecule has 1 atom stereocenters. The van der Waals surface area contributed by atoms with Gasteiger partial charge < -0.3 is 29.6 Å². The predicted octanol–water partition coefficient (Wildman–Crippen LogP) is 1.83. The number of amides is 2. The number of benzene rings is 1. The second kappa shape index (κ2) is 8.09. The van der Waals surface area contributed by atoms with Crippen molar-refractivity contribution in [3.8, 4) is 11.5 Å². The van der Waals surface area contributed by atoms with Gasteiger partial charge in [0.05, 0.1) is 27.0 Å². The van der Waals surface area contributed by atoms with Crippen molar-refractivity contribution in [3.05, 3.63) is 47.9 Å². The minimum atomic E-state index is -0.922. The fraction of sp³-hybridized carbons (Fsp3) is 0.312. The molecule has 1 aromatic heterocycles. The molecule has 0 aliphatic rings. The Balaban J connectivity index is 1.88. The number of hydrogen-bond acceptors (Lipinski definition) is 5. The van der Waals surface area contributed by atoms with Crippen LogP contribution in [0.15, 0.2) is 41.0 Å². The van der Waals surface area contributed by atoms with Crippen LogP contribution in [0, 0.1) is 0 Å². The molecule has 2 aromatic rings. The number of carbonyl (C=O) groups is 1. The monoisotopic (exact) mass is 320 g/mol. The van der Waals surface area contributed by atoms with Crippen LogP contribution >= 0.6 is 0 Å². The van der Waals surface area contributed by atoms with Crippen LogP contribution in [0.3, 0.4) is 0 Å². The average Bonchev–Trinajstić information content (AvgIpc) is 3.10. The molecule has 0 radical (unpaired) electrons. The first-order valence-corrected chi connectivity index (χ1v) is 7.08. The van der Waals surface area contributed by atoms with Crippen molar-refractivity contribution in [1.82, 2.24) is 10.6 Å². The van der Waals surface area contributed by atoms with Gasteiger partial charge in [0, 0.05) is 12.1 Å². The van der Waals surface area contributed by atoms with E-state index in [9.17, 15) is 9.90 Å². The van der Waals surface area contributed by atoms with Crippen molar-refractivity contribution in [3.63, 3.8) is 0 Å². The maximum Gasteiger partial charge on any atom is 0.315 e. The zero-order valence-electron chi connectivity index (χ0n) is 13.0. The van der Waals surface area contributed by atoms with E-state index < -0.39 is 12.1 Å². The molecule has 0 saturated heterocycles. The van der Waals surface area contributed by atoms with Gasteiger partial charge in [0.1, 0.15) is 23.4 Å². The first kappa shape index (κ1) is 16.7. The molecule has 2 rings (SSSR count). The molecule has 0 unspecified atom stereocenters. The molecule has 7 nitrogen and oxygen atoms in total. The van der Waals surface area contributed by atoms with Crippen LogP contribution in [0.4, 0.5) is 4.79 Å². The molecular weight excluding hydrogens is 300 g/mol. The second-order valence-corrected chi connectivity index (χ2v) is 4.77. The Morgan fingerprint density at radius 2 is 2.09 bits per heavy atom. The van der Waals surface area contributed by atoms with Crippen LogP contribution in [0.25, 0.3) is 0 Å². The normalized spacial score (nSPS) is 11.6. The Bertz CT molecular complexity index is 627. The molecule has 1 aromatic carbocycles. The lowest BCUT2D eigenvalue weighted by Crippen LogP contribution is -2.37. The third-order valence-electron chi connectivity index (χ3n) is 3.26. The zero-order valence-corrected chi connectivity index (χ0v) is 13.0. The summed E-state index contributed by atoms with van der Waals surface area (Å²) in [5, 5.41) is 15.5. The van der Waals surface area contributed by atoms with Crippen LogP contribution in [-0.2, 0) is 6.54 Å². The van der Waals surface area contributed by atoms with Crippen LogP contribution in [0.1, 0.15) is 17.4 Å². The van der Waals surface area contributed by atoms with Crippen LogP contribution in [-0.4, -0.2) is 31.9 Å². The van der Waals surface area contributed by atoms with Gasteiger partial charge in [-0.15, -0.1) is 0 Å². The van der Waals surface area contributed by atoms with E-state index in [2.05, 4.69) is 10.6 Å². The van der Waals surface area contributed by atoms with Gasteiger partial charge >= 0.3 is 6.03 Å². The number of aliphatic hydroxyl groups is 1. The summed E-state index contributed by atoms with van der Waals surface area (Å²) >= 11 is 0. The first-order chi connectivity index (χ1) is 11.1. The van der Waals surface area contributed by atoms with Gasteiger partial charge in [0.15, 0.2) is 0 Å². The first-order valence-electron chi connectivity index (χ1n) is 7.08. The van der Waals surface area contributed by atoms with Gasteiger partial charge in [0.2, 0.25) is 0 Å². The lowest BCUT2D eigenvalue weighted by molar-refractivity contribution is 0.168. The highest BCUT2D eigenvalue weighted by Crippen LogP contribution is 2.28. The molecule has 0 spiro atoms. The number of urea groups is 1. The minimum absolute atomic E-state index is 0.0352. The average molecular weight is 320 g/mol. The predicted molar refractivity (Wildman–Crippen MR) is 83.5 cm³/mol. The second-order valence-electron chi connectivity index (χ2n) is 4.77. The van der Waals surface area contributed by atoms with Crippen molar-refractivity contribution < 1.29 is 23.8 Å². The Morgan fingerprint density at radius 1 is 1.26 bits per heavy atom. The van der Waals surface area contributed by atoms with Crippen molar-refractivity contribution in [2.24, 2.45) is 0 Å². The maximum atomic E-state index is 11.7. The Morgan fingerprint density at radius 3 is 2.74 bits per heavy atom. The van der Waals surface area contributed by atoms with E-state index in [1.165, 1.54) is 20.5 Å². The topological polar surface area (TPSA) is 93.0 Å².